The third-order valence-electron chi connectivity index (χ3n) is 2.35. The van der Waals surface area contributed by atoms with E-state index in [0.717, 1.165) is 6.42 Å². The second-order valence-corrected chi connectivity index (χ2v) is 4.63. The van der Waals surface area contributed by atoms with Crippen LogP contribution < -0.4 is 0 Å². The van der Waals surface area contributed by atoms with Crippen LogP contribution in [0.15, 0.2) is 30.3 Å². The van der Waals surface area contributed by atoms with Gasteiger partial charge in [-0.2, -0.15) is 0 Å². The Balaban J connectivity index is 2.81. The molecule has 0 aromatic heterocycles. The average Bonchev–Trinajstić information content (AvgIpc) is 2.04. The van der Waals surface area contributed by atoms with Crippen LogP contribution in [0.3, 0.4) is 0 Å². The zero-order valence-electron chi connectivity index (χ0n) is 9.09. The molecular weight excluding hydrogens is 156 g/mol. The summed E-state index contributed by atoms with van der Waals surface area (Å²) in [6.45, 7) is 9.00. The minimum atomic E-state index is 0.278. The van der Waals surface area contributed by atoms with Crippen LogP contribution in [0.4, 0.5) is 0 Å². The summed E-state index contributed by atoms with van der Waals surface area (Å²) in [6, 6.07) is 10.7. The topological polar surface area (TPSA) is 0 Å². The summed E-state index contributed by atoms with van der Waals surface area (Å²) in [6.07, 6.45) is 1.16. The second kappa shape index (κ2) is 3.95. The van der Waals surface area contributed by atoms with Gasteiger partial charge in [0.2, 0.25) is 0 Å². The van der Waals surface area contributed by atoms with Gasteiger partial charge >= 0.3 is 0 Å². The van der Waals surface area contributed by atoms with Gasteiger partial charge in [-0.1, -0.05) is 58.0 Å². The summed E-state index contributed by atoms with van der Waals surface area (Å²) in [5.74, 6) is 1.49. The predicted molar refractivity (Wildman–Crippen MR) is 58.7 cm³/mol. The Morgan fingerprint density at radius 1 is 1.08 bits per heavy atom. The fourth-order valence-electron chi connectivity index (χ4n) is 1.88. The molecule has 0 N–H and O–H groups in total. The highest BCUT2D eigenvalue weighted by atomic mass is 14.3. The van der Waals surface area contributed by atoms with E-state index in [9.17, 15) is 0 Å². The van der Waals surface area contributed by atoms with Gasteiger partial charge in [-0.25, -0.2) is 0 Å². The van der Waals surface area contributed by atoms with E-state index in [4.69, 9.17) is 0 Å². The Morgan fingerprint density at radius 2 is 1.62 bits per heavy atom. The lowest BCUT2D eigenvalue weighted by atomic mass is 9.78. The Labute approximate surface area is 82.0 Å². The lowest BCUT2D eigenvalue weighted by Gasteiger charge is -2.27. The van der Waals surface area contributed by atoms with E-state index >= 15 is 0 Å². The van der Waals surface area contributed by atoms with Crippen molar-refractivity contribution in [3.05, 3.63) is 41.8 Å². The minimum absolute atomic E-state index is 0.278. The van der Waals surface area contributed by atoms with Crippen molar-refractivity contribution in [3.63, 3.8) is 0 Å². The van der Waals surface area contributed by atoms with E-state index in [2.05, 4.69) is 58.0 Å². The van der Waals surface area contributed by atoms with Gasteiger partial charge in [-0.05, 0) is 23.3 Å². The molecular formula is C13H19. The molecule has 0 spiro atoms. The first-order chi connectivity index (χ1) is 6.02. The fourth-order valence-corrected chi connectivity index (χ4v) is 1.88. The standard InChI is InChI=1S/C13H19/c1-11(2)10-13(3,4)12-8-6-5-7-9-12/h5-9H,10H2,1-4H3. The van der Waals surface area contributed by atoms with Crippen molar-refractivity contribution in [2.24, 2.45) is 0 Å². The summed E-state index contributed by atoms with van der Waals surface area (Å²) in [5.41, 5.74) is 1.70. The summed E-state index contributed by atoms with van der Waals surface area (Å²) < 4.78 is 0. The van der Waals surface area contributed by atoms with Gasteiger partial charge in [-0.15, -0.1) is 0 Å². The highest BCUT2D eigenvalue weighted by Gasteiger charge is 2.21. The Hall–Kier alpha value is -0.780. The van der Waals surface area contributed by atoms with Crippen molar-refractivity contribution in [1.82, 2.24) is 0 Å². The number of benzene rings is 1. The molecule has 0 heterocycles. The van der Waals surface area contributed by atoms with Gasteiger partial charge in [-0.3, -0.25) is 0 Å². The van der Waals surface area contributed by atoms with Crippen molar-refractivity contribution in [2.75, 3.05) is 0 Å². The monoisotopic (exact) mass is 175 g/mol. The van der Waals surface area contributed by atoms with Crippen molar-refractivity contribution in [1.29, 1.82) is 0 Å². The molecule has 1 rings (SSSR count). The molecule has 0 fully saturated rings. The van der Waals surface area contributed by atoms with E-state index in [1.54, 1.807) is 0 Å². The Kier molecular flexibility index (Phi) is 3.13. The molecule has 71 valence electrons. The SMILES string of the molecule is C[C](C)CC(C)(C)c1ccccc1. The lowest BCUT2D eigenvalue weighted by Crippen LogP contribution is -2.18. The van der Waals surface area contributed by atoms with Crippen molar-refractivity contribution in [2.45, 2.75) is 39.5 Å². The molecule has 1 aromatic rings. The smallest absolute Gasteiger partial charge is 0.00983 e. The molecule has 0 atom stereocenters. The molecule has 0 saturated heterocycles. The van der Waals surface area contributed by atoms with Crippen LogP contribution in [0.25, 0.3) is 0 Å². The van der Waals surface area contributed by atoms with Crippen molar-refractivity contribution < 1.29 is 0 Å². The van der Waals surface area contributed by atoms with E-state index in [1.807, 2.05) is 0 Å². The average molecular weight is 175 g/mol. The second-order valence-electron chi connectivity index (χ2n) is 4.63. The predicted octanol–water partition coefficient (Wildman–Crippen LogP) is 3.97. The summed E-state index contributed by atoms with van der Waals surface area (Å²) in [7, 11) is 0. The fraction of sp³-hybridized carbons (Fsp3) is 0.462. The molecule has 13 heavy (non-hydrogen) atoms. The molecule has 0 aliphatic heterocycles. The van der Waals surface area contributed by atoms with Crippen LogP contribution in [0.1, 0.15) is 39.7 Å². The normalized spacial score (nSPS) is 12.1. The van der Waals surface area contributed by atoms with Gasteiger partial charge < -0.3 is 0 Å². The highest BCUT2D eigenvalue weighted by molar-refractivity contribution is 5.24. The van der Waals surface area contributed by atoms with Gasteiger partial charge in [0.25, 0.3) is 0 Å². The largest absolute Gasteiger partial charge is 0.0622 e. The lowest BCUT2D eigenvalue weighted by molar-refractivity contribution is 0.492. The first kappa shape index (κ1) is 10.3. The van der Waals surface area contributed by atoms with Gasteiger partial charge in [0.05, 0.1) is 0 Å². The number of hydrogen-bond acceptors (Lipinski definition) is 0. The molecule has 0 amide bonds. The highest BCUT2D eigenvalue weighted by Crippen LogP contribution is 2.30. The summed E-state index contributed by atoms with van der Waals surface area (Å²) in [4.78, 5) is 0. The van der Waals surface area contributed by atoms with Gasteiger partial charge in [0.15, 0.2) is 0 Å². The maximum Gasteiger partial charge on any atom is -0.00983 e. The molecule has 1 radical (unpaired) electrons. The molecule has 0 saturated carbocycles. The molecule has 0 heteroatoms. The van der Waals surface area contributed by atoms with Crippen LogP contribution in [0.2, 0.25) is 0 Å². The maximum atomic E-state index is 2.30. The summed E-state index contributed by atoms with van der Waals surface area (Å²) in [5, 5.41) is 0. The van der Waals surface area contributed by atoms with Crippen LogP contribution >= 0.6 is 0 Å². The maximum absolute atomic E-state index is 2.30. The first-order valence-electron chi connectivity index (χ1n) is 4.87. The van der Waals surface area contributed by atoms with E-state index < -0.39 is 0 Å². The van der Waals surface area contributed by atoms with Crippen LogP contribution in [-0.2, 0) is 5.41 Å². The van der Waals surface area contributed by atoms with Crippen LogP contribution in [-0.4, -0.2) is 0 Å². The zero-order valence-corrected chi connectivity index (χ0v) is 9.09. The van der Waals surface area contributed by atoms with E-state index in [0.29, 0.717) is 0 Å². The number of rotatable bonds is 3. The van der Waals surface area contributed by atoms with Crippen molar-refractivity contribution >= 4 is 0 Å². The molecule has 0 bridgehead atoms. The summed E-state index contributed by atoms with van der Waals surface area (Å²) >= 11 is 0. The number of hydrogen-bond donors (Lipinski definition) is 0. The third-order valence-corrected chi connectivity index (χ3v) is 2.35. The molecule has 0 aliphatic rings. The van der Waals surface area contributed by atoms with E-state index in [-0.39, 0.29) is 5.41 Å². The Morgan fingerprint density at radius 3 is 2.08 bits per heavy atom. The molecule has 0 unspecified atom stereocenters. The molecule has 0 aliphatic carbocycles. The Bertz CT molecular complexity index is 244. The molecule has 1 aromatic carbocycles. The van der Waals surface area contributed by atoms with Gasteiger partial charge in [0, 0.05) is 0 Å². The van der Waals surface area contributed by atoms with Crippen LogP contribution in [0, 0.1) is 5.92 Å². The first-order valence-corrected chi connectivity index (χ1v) is 4.87. The van der Waals surface area contributed by atoms with Crippen LogP contribution in [0.5, 0.6) is 0 Å². The van der Waals surface area contributed by atoms with Crippen molar-refractivity contribution in [3.8, 4) is 0 Å². The molecule has 0 nitrogen and oxygen atoms in total. The van der Waals surface area contributed by atoms with Gasteiger partial charge in [0.1, 0.15) is 0 Å². The van der Waals surface area contributed by atoms with E-state index in [1.165, 1.54) is 11.5 Å². The quantitative estimate of drug-likeness (QED) is 0.652. The zero-order chi connectivity index (χ0) is 9.90. The minimum Gasteiger partial charge on any atom is -0.0622 e. The third kappa shape index (κ3) is 2.87.